The smallest absolute Gasteiger partial charge is 0.305 e. The van der Waals surface area contributed by atoms with Crippen LogP contribution >= 0.6 is 0 Å². The first kappa shape index (κ1) is 31.9. The van der Waals surface area contributed by atoms with Crippen molar-refractivity contribution >= 4 is 51.6 Å². The Morgan fingerprint density at radius 1 is 0.936 bits per heavy atom. The van der Waals surface area contributed by atoms with Gasteiger partial charge in [0.1, 0.15) is 17.6 Å². The van der Waals surface area contributed by atoms with E-state index in [1.54, 1.807) is 13.0 Å². The van der Waals surface area contributed by atoms with E-state index in [9.17, 15) is 43.8 Å². The zero-order valence-corrected chi connectivity index (χ0v) is 25.7. The number of aliphatic hydroxyl groups is 1. The molecule has 0 aromatic heterocycles. The van der Waals surface area contributed by atoms with E-state index in [4.69, 9.17) is 10.5 Å². The van der Waals surface area contributed by atoms with Crippen LogP contribution in [-0.4, -0.2) is 62.7 Å². The largest absolute Gasteiger partial charge is 0.507 e. The van der Waals surface area contributed by atoms with E-state index in [2.05, 4.69) is 0 Å². The van der Waals surface area contributed by atoms with Gasteiger partial charge in [0.25, 0.3) is 0 Å². The molecule has 0 aliphatic heterocycles. The number of phenols is 1. The Balaban J connectivity index is 1.39. The molecule has 3 aliphatic rings. The van der Waals surface area contributed by atoms with Gasteiger partial charge < -0.3 is 20.7 Å². The van der Waals surface area contributed by atoms with Gasteiger partial charge in [-0.1, -0.05) is 68.4 Å². The second-order valence-corrected chi connectivity index (χ2v) is 12.7. The predicted octanol–water partition coefficient (Wildman–Crippen LogP) is 2.33. The highest BCUT2D eigenvalue weighted by molar-refractivity contribution is 6.31. The molecule has 0 radical (unpaired) electrons. The number of ether oxygens (including phenoxy) is 1. The van der Waals surface area contributed by atoms with Crippen molar-refractivity contribution in [3.63, 3.8) is 0 Å². The van der Waals surface area contributed by atoms with E-state index >= 15 is 0 Å². The number of carbonyl (C=O) groups excluding carboxylic acids is 7. The molecule has 0 bridgehead atoms. The standard InChI is InChI=1S/C36H33NO10/c1-3-25(40)47-32-23-15-24(39)28(35(37)45)33(43)36(23,46)34(44)29-26(32)16(2)21-12-11-19(30(41)27(21)31(29)42)14-20(38)13-18-9-6-8-17-7-4-5-10-22(17)18/h4-12,16,23,26,28-29,32,41,46H,3,13-15H2,1-2H3,(H2,37,45)/t16-,23+,26+,28?,29?,32+,36+/m0/s1. The third-order valence-corrected chi connectivity index (χ3v) is 10.1. The predicted molar refractivity (Wildman–Crippen MR) is 165 cm³/mol. The molecule has 2 fully saturated rings. The molecule has 47 heavy (non-hydrogen) atoms. The van der Waals surface area contributed by atoms with E-state index in [0.29, 0.717) is 5.56 Å². The van der Waals surface area contributed by atoms with Gasteiger partial charge in [-0.15, -0.1) is 0 Å². The first-order valence-corrected chi connectivity index (χ1v) is 15.5. The number of phenolic OH excluding ortho intramolecular Hbond substituents is 1. The molecular formula is C36H33NO10. The second kappa shape index (κ2) is 11.6. The van der Waals surface area contributed by atoms with Gasteiger partial charge >= 0.3 is 5.97 Å². The van der Waals surface area contributed by atoms with E-state index < -0.39 is 88.5 Å². The lowest BCUT2D eigenvalue weighted by Crippen LogP contribution is -2.73. The molecule has 7 atom stereocenters. The lowest BCUT2D eigenvalue weighted by molar-refractivity contribution is -0.198. The minimum Gasteiger partial charge on any atom is -0.507 e. The van der Waals surface area contributed by atoms with Crippen LogP contribution in [0.25, 0.3) is 10.8 Å². The van der Waals surface area contributed by atoms with E-state index in [1.807, 2.05) is 42.5 Å². The maximum absolute atomic E-state index is 14.2. The summed E-state index contributed by atoms with van der Waals surface area (Å²) in [7, 11) is 0. The number of benzene rings is 3. The van der Waals surface area contributed by atoms with Crippen LogP contribution in [0.15, 0.2) is 54.6 Å². The second-order valence-electron chi connectivity index (χ2n) is 12.7. The zero-order chi connectivity index (χ0) is 33.9. The van der Waals surface area contributed by atoms with Gasteiger partial charge in [0, 0.05) is 43.1 Å². The van der Waals surface area contributed by atoms with Crippen molar-refractivity contribution in [1.29, 1.82) is 0 Å². The molecular weight excluding hydrogens is 606 g/mol. The van der Waals surface area contributed by atoms with Crippen LogP contribution in [0, 0.1) is 23.7 Å². The molecule has 2 unspecified atom stereocenters. The number of carbonyl (C=O) groups is 7. The van der Waals surface area contributed by atoms with Crippen molar-refractivity contribution in [3.05, 3.63) is 76.9 Å². The summed E-state index contributed by atoms with van der Waals surface area (Å²) in [4.78, 5) is 92.7. The molecule has 11 nitrogen and oxygen atoms in total. The Morgan fingerprint density at radius 2 is 1.62 bits per heavy atom. The van der Waals surface area contributed by atoms with Gasteiger partial charge in [-0.05, 0) is 27.8 Å². The molecule has 0 saturated heterocycles. The van der Waals surface area contributed by atoms with Crippen LogP contribution in [0.5, 0.6) is 5.75 Å². The van der Waals surface area contributed by atoms with Crippen molar-refractivity contribution < 1.29 is 48.5 Å². The molecule has 2 saturated carbocycles. The van der Waals surface area contributed by atoms with Gasteiger partial charge in [0.05, 0.1) is 11.5 Å². The summed E-state index contributed by atoms with van der Waals surface area (Å²) in [6.45, 7) is 3.16. The summed E-state index contributed by atoms with van der Waals surface area (Å²) in [5.41, 5.74) is 3.29. The van der Waals surface area contributed by atoms with Crippen molar-refractivity contribution in [2.75, 3.05) is 0 Å². The third kappa shape index (κ3) is 4.88. The minimum atomic E-state index is -3.03. The number of rotatable bonds is 7. The summed E-state index contributed by atoms with van der Waals surface area (Å²) in [5, 5.41) is 25.1. The van der Waals surface area contributed by atoms with Gasteiger partial charge in [0.15, 0.2) is 34.7 Å². The Hall–Kier alpha value is -5.03. The topological polar surface area (TPSA) is 195 Å². The van der Waals surface area contributed by atoms with Gasteiger partial charge in [-0.25, -0.2) is 0 Å². The lowest BCUT2D eigenvalue weighted by atomic mass is 9.50. The van der Waals surface area contributed by atoms with Gasteiger partial charge in [-0.2, -0.15) is 0 Å². The fourth-order valence-electron chi connectivity index (χ4n) is 7.84. The number of ketones is 5. The molecule has 4 N–H and O–H groups in total. The Labute approximate surface area is 269 Å². The number of aromatic hydroxyl groups is 1. The molecule has 242 valence electrons. The average molecular weight is 640 g/mol. The maximum Gasteiger partial charge on any atom is 0.305 e. The molecule has 0 heterocycles. The average Bonchev–Trinajstić information content (AvgIpc) is 3.03. The quantitative estimate of drug-likeness (QED) is 0.255. The SMILES string of the molecule is CCC(=O)O[C@H]1[C@H]2C(C(=O)c3c(ccc(CC(=O)Cc4cccc5ccccc45)c3O)[C@@H]2C)C(=O)[C@]2(O)C(=O)C(C(N)=O)C(=O)C[C@H]12. The number of amides is 1. The Kier molecular flexibility index (Phi) is 7.91. The number of Topliss-reactive ketones (excluding diaryl/α,β-unsaturated/α-hetero) is 5. The van der Waals surface area contributed by atoms with Gasteiger partial charge in [0.2, 0.25) is 5.91 Å². The number of esters is 1. The number of fused-ring (bicyclic) bond motifs is 4. The molecule has 3 aliphatic carbocycles. The summed E-state index contributed by atoms with van der Waals surface area (Å²) < 4.78 is 5.68. The summed E-state index contributed by atoms with van der Waals surface area (Å²) in [5.74, 6) is -14.7. The molecule has 3 aromatic carbocycles. The fraction of sp³-hybridized carbons (Fsp3) is 0.361. The minimum absolute atomic E-state index is 0.0617. The van der Waals surface area contributed by atoms with Crippen LogP contribution in [0.1, 0.15) is 59.7 Å². The number of hydrogen-bond donors (Lipinski definition) is 3. The first-order valence-electron chi connectivity index (χ1n) is 15.5. The fourth-order valence-corrected chi connectivity index (χ4v) is 7.84. The zero-order valence-electron chi connectivity index (χ0n) is 25.7. The maximum atomic E-state index is 14.2. The number of primary amides is 1. The highest BCUT2D eigenvalue weighted by Crippen LogP contribution is 2.55. The number of hydrogen-bond acceptors (Lipinski definition) is 10. The Bertz CT molecular complexity index is 1910. The van der Waals surface area contributed by atoms with Gasteiger partial charge in [-0.3, -0.25) is 33.6 Å². The summed E-state index contributed by atoms with van der Waals surface area (Å²) in [6.07, 6.45) is -2.38. The Morgan fingerprint density at radius 3 is 2.32 bits per heavy atom. The van der Waals surface area contributed by atoms with E-state index in [0.717, 1.165) is 16.3 Å². The molecule has 0 spiro atoms. The number of nitrogens with two attached hydrogens (primary N) is 1. The summed E-state index contributed by atoms with van der Waals surface area (Å²) in [6, 6.07) is 16.3. The van der Waals surface area contributed by atoms with Crippen molar-refractivity contribution in [2.45, 2.75) is 57.2 Å². The molecule has 6 rings (SSSR count). The summed E-state index contributed by atoms with van der Waals surface area (Å²) >= 11 is 0. The van der Waals surface area contributed by atoms with Crippen LogP contribution < -0.4 is 5.73 Å². The molecule has 1 amide bonds. The van der Waals surface area contributed by atoms with Crippen LogP contribution in [0.3, 0.4) is 0 Å². The van der Waals surface area contributed by atoms with Crippen LogP contribution in [0.2, 0.25) is 0 Å². The van der Waals surface area contributed by atoms with E-state index in [-0.39, 0.29) is 36.2 Å². The monoisotopic (exact) mass is 639 g/mol. The van der Waals surface area contributed by atoms with E-state index in [1.165, 1.54) is 13.0 Å². The highest BCUT2D eigenvalue weighted by atomic mass is 16.5. The van der Waals surface area contributed by atoms with Crippen LogP contribution in [0.4, 0.5) is 0 Å². The molecule has 3 aromatic rings. The molecule has 11 heteroatoms. The van der Waals surface area contributed by atoms with Crippen molar-refractivity contribution in [3.8, 4) is 5.75 Å². The normalized spacial score (nSPS) is 28.3. The first-order chi connectivity index (χ1) is 22.3. The van der Waals surface area contributed by atoms with Crippen LogP contribution in [-0.2, 0) is 46.3 Å². The lowest BCUT2D eigenvalue weighted by Gasteiger charge is -2.53. The highest BCUT2D eigenvalue weighted by Gasteiger charge is 2.71. The third-order valence-electron chi connectivity index (χ3n) is 10.1. The van der Waals surface area contributed by atoms with Crippen molar-refractivity contribution in [1.82, 2.24) is 0 Å². The van der Waals surface area contributed by atoms with Crippen molar-refractivity contribution in [2.24, 2.45) is 29.4 Å².